The zero-order valence-corrected chi connectivity index (χ0v) is 11.5. The van der Waals surface area contributed by atoms with E-state index in [0.29, 0.717) is 0 Å². The molecular formula is C15H11BrS. The molecule has 0 saturated heterocycles. The molecule has 0 nitrogen and oxygen atoms in total. The van der Waals surface area contributed by atoms with Gasteiger partial charge in [0.1, 0.15) is 0 Å². The van der Waals surface area contributed by atoms with Crippen LogP contribution in [-0.2, 0) is 0 Å². The summed E-state index contributed by atoms with van der Waals surface area (Å²) in [5, 5.41) is 3.60. The lowest BCUT2D eigenvalue weighted by Gasteiger charge is -2.09. The van der Waals surface area contributed by atoms with E-state index in [9.17, 15) is 0 Å². The molecule has 0 N–H and O–H groups in total. The summed E-state index contributed by atoms with van der Waals surface area (Å²) in [4.78, 5) is 0.278. The van der Waals surface area contributed by atoms with Crippen LogP contribution in [0.5, 0.6) is 0 Å². The van der Waals surface area contributed by atoms with E-state index in [4.69, 9.17) is 0 Å². The number of fused-ring (bicyclic) bond motifs is 1. The Hall–Kier alpha value is -1.12. The Morgan fingerprint density at radius 2 is 1.59 bits per heavy atom. The molecule has 0 bridgehead atoms. The maximum absolute atomic E-state index is 3.80. The number of hydrogen-bond donors (Lipinski definition) is 0. The van der Waals surface area contributed by atoms with E-state index in [0.717, 1.165) is 0 Å². The van der Waals surface area contributed by atoms with E-state index < -0.39 is 0 Å². The highest BCUT2D eigenvalue weighted by atomic mass is 79.9. The first-order chi connectivity index (χ1) is 8.36. The number of halogens is 1. The quantitative estimate of drug-likeness (QED) is 0.557. The van der Waals surface area contributed by atoms with Crippen molar-refractivity contribution < 1.29 is 0 Å². The smallest absolute Gasteiger partial charge is 0.0658 e. The van der Waals surface area contributed by atoms with Gasteiger partial charge in [0.25, 0.3) is 0 Å². The van der Waals surface area contributed by atoms with Gasteiger partial charge in [0.2, 0.25) is 0 Å². The molecule has 0 fully saturated rings. The van der Waals surface area contributed by atoms with E-state index in [-0.39, 0.29) is 4.83 Å². The number of rotatable bonds is 2. The van der Waals surface area contributed by atoms with Gasteiger partial charge < -0.3 is 0 Å². The minimum Gasteiger partial charge on any atom is -0.143 e. The van der Waals surface area contributed by atoms with Gasteiger partial charge in [-0.15, -0.1) is 11.3 Å². The Morgan fingerprint density at radius 1 is 0.882 bits per heavy atom. The van der Waals surface area contributed by atoms with E-state index in [1.165, 1.54) is 21.2 Å². The monoisotopic (exact) mass is 302 g/mol. The van der Waals surface area contributed by atoms with Crippen molar-refractivity contribution in [2.24, 2.45) is 0 Å². The molecule has 0 aliphatic carbocycles. The fourth-order valence-electron chi connectivity index (χ4n) is 2.00. The third kappa shape index (κ3) is 2.03. The summed E-state index contributed by atoms with van der Waals surface area (Å²) in [7, 11) is 0. The molecule has 84 valence electrons. The number of hydrogen-bond acceptors (Lipinski definition) is 1. The van der Waals surface area contributed by atoms with Gasteiger partial charge in [0.15, 0.2) is 0 Å². The first-order valence-electron chi connectivity index (χ1n) is 5.51. The van der Waals surface area contributed by atoms with Gasteiger partial charge in [-0.25, -0.2) is 0 Å². The van der Waals surface area contributed by atoms with Crippen LogP contribution in [0.4, 0.5) is 0 Å². The van der Waals surface area contributed by atoms with Crippen LogP contribution in [0, 0.1) is 0 Å². The fourth-order valence-corrected chi connectivity index (χ4v) is 3.84. The third-order valence-electron chi connectivity index (χ3n) is 2.88. The average molecular weight is 303 g/mol. The lowest BCUT2D eigenvalue weighted by molar-refractivity contribution is 1.21. The molecule has 0 radical (unpaired) electrons. The molecule has 2 aromatic carbocycles. The lowest BCUT2D eigenvalue weighted by atomic mass is 10.0. The van der Waals surface area contributed by atoms with E-state index in [2.05, 4.69) is 75.9 Å². The Kier molecular flexibility index (Phi) is 3.00. The molecular weight excluding hydrogens is 292 g/mol. The van der Waals surface area contributed by atoms with Crippen LogP contribution in [0.15, 0.2) is 60.0 Å². The summed E-state index contributed by atoms with van der Waals surface area (Å²) >= 11 is 5.61. The summed E-state index contributed by atoms with van der Waals surface area (Å²) in [5.74, 6) is 0. The summed E-state index contributed by atoms with van der Waals surface area (Å²) in [6.07, 6.45) is 0. The second-order valence-electron chi connectivity index (χ2n) is 3.96. The predicted octanol–water partition coefficient (Wildman–Crippen LogP) is 5.39. The zero-order chi connectivity index (χ0) is 11.7. The maximum atomic E-state index is 3.80. The van der Waals surface area contributed by atoms with Crippen molar-refractivity contribution in [2.75, 3.05) is 0 Å². The Labute approximate surface area is 113 Å². The van der Waals surface area contributed by atoms with Gasteiger partial charge in [0, 0.05) is 4.70 Å². The van der Waals surface area contributed by atoms with Crippen molar-refractivity contribution in [2.45, 2.75) is 4.83 Å². The van der Waals surface area contributed by atoms with E-state index >= 15 is 0 Å². The van der Waals surface area contributed by atoms with Crippen molar-refractivity contribution in [1.82, 2.24) is 0 Å². The first kappa shape index (κ1) is 11.0. The topological polar surface area (TPSA) is 0 Å². The van der Waals surface area contributed by atoms with Gasteiger partial charge in [0.05, 0.1) is 4.83 Å². The molecule has 3 rings (SSSR count). The number of alkyl halides is 1. The van der Waals surface area contributed by atoms with Crippen molar-refractivity contribution >= 4 is 37.4 Å². The van der Waals surface area contributed by atoms with Gasteiger partial charge in [-0.1, -0.05) is 64.5 Å². The van der Waals surface area contributed by atoms with Crippen molar-refractivity contribution in [3.05, 3.63) is 71.1 Å². The molecule has 1 atom stereocenters. The second kappa shape index (κ2) is 4.63. The molecule has 1 heterocycles. The zero-order valence-electron chi connectivity index (χ0n) is 9.14. The van der Waals surface area contributed by atoms with Crippen LogP contribution in [-0.4, -0.2) is 0 Å². The molecule has 3 aromatic rings. The highest BCUT2D eigenvalue weighted by molar-refractivity contribution is 9.09. The number of thiophene rings is 1. The molecule has 17 heavy (non-hydrogen) atoms. The molecule has 0 saturated carbocycles. The molecule has 0 aliphatic heterocycles. The van der Waals surface area contributed by atoms with Crippen molar-refractivity contribution in [1.29, 1.82) is 0 Å². The van der Waals surface area contributed by atoms with E-state index in [1.807, 2.05) is 0 Å². The molecule has 0 spiro atoms. The van der Waals surface area contributed by atoms with Crippen LogP contribution < -0.4 is 0 Å². The van der Waals surface area contributed by atoms with E-state index in [1.54, 1.807) is 11.3 Å². The Morgan fingerprint density at radius 3 is 2.41 bits per heavy atom. The highest BCUT2D eigenvalue weighted by Crippen LogP contribution is 2.38. The first-order valence-corrected chi connectivity index (χ1v) is 7.31. The Bertz CT molecular complexity index is 627. The summed E-state index contributed by atoms with van der Waals surface area (Å²) < 4.78 is 1.35. The second-order valence-corrected chi connectivity index (χ2v) is 5.79. The Balaban J connectivity index is 2.10. The van der Waals surface area contributed by atoms with Gasteiger partial charge in [-0.3, -0.25) is 0 Å². The summed E-state index contributed by atoms with van der Waals surface area (Å²) in [5.41, 5.74) is 2.66. The minimum atomic E-state index is 0.278. The SMILES string of the molecule is BrC(c1ccccc1)c1csc2ccccc12. The van der Waals surface area contributed by atoms with Crippen LogP contribution in [0.3, 0.4) is 0 Å². The average Bonchev–Trinajstić information content (AvgIpc) is 2.83. The minimum absolute atomic E-state index is 0.278. The van der Waals surface area contributed by atoms with Gasteiger partial charge in [-0.05, 0) is 28.0 Å². The third-order valence-corrected chi connectivity index (χ3v) is 4.88. The molecule has 0 amide bonds. The van der Waals surface area contributed by atoms with Gasteiger partial charge >= 0.3 is 0 Å². The maximum Gasteiger partial charge on any atom is 0.0658 e. The predicted molar refractivity (Wildman–Crippen MR) is 79.0 cm³/mol. The highest BCUT2D eigenvalue weighted by Gasteiger charge is 2.14. The summed E-state index contributed by atoms with van der Waals surface area (Å²) in [6, 6.07) is 19.1. The van der Waals surface area contributed by atoms with Gasteiger partial charge in [-0.2, -0.15) is 0 Å². The standard InChI is InChI=1S/C15H11BrS/c16-15(11-6-2-1-3-7-11)13-10-17-14-9-5-4-8-12(13)14/h1-10,15H. The van der Waals surface area contributed by atoms with Crippen molar-refractivity contribution in [3.8, 4) is 0 Å². The molecule has 1 aromatic heterocycles. The largest absolute Gasteiger partial charge is 0.143 e. The summed E-state index contributed by atoms with van der Waals surface area (Å²) in [6.45, 7) is 0. The van der Waals surface area contributed by atoms with Crippen LogP contribution in [0.2, 0.25) is 0 Å². The molecule has 0 aliphatic rings. The number of benzene rings is 2. The molecule has 2 heteroatoms. The lowest BCUT2D eigenvalue weighted by Crippen LogP contribution is -1.90. The fraction of sp³-hybridized carbons (Fsp3) is 0.0667. The normalized spacial score (nSPS) is 12.8. The van der Waals surface area contributed by atoms with Crippen LogP contribution in [0.1, 0.15) is 16.0 Å². The molecule has 1 unspecified atom stereocenters. The van der Waals surface area contributed by atoms with Crippen molar-refractivity contribution in [3.63, 3.8) is 0 Å². The van der Waals surface area contributed by atoms with Crippen LogP contribution in [0.25, 0.3) is 10.1 Å². The van der Waals surface area contributed by atoms with Crippen LogP contribution >= 0.6 is 27.3 Å².